The number of aliphatic carboxylic acids is 1. The smallest absolute Gasteiger partial charge is 0.314 e. The predicted molar refractivity (Wildman–Crippen MR) is 143 cm³/mol. The second-order valence-electron chi connectivity index (χ2n) is 8.99. The third-order valence-corrected chi connectivity index (χ3v) is 6.10. The van der Waals surface area contributed by atoms with Crippen LogP contribution in [0.15, 0.2) is 54.6 Å². The Balaban J connectivity index is 0.000000281. The van der Waals surface area contributed by atoms with E-state index in [1.54, 1.807) is 24.3 Å². The highest BCUT2D eigenvalue weighted by atomic mass is 16.5. The molecule has 3 rings (SSSR count). The molecule has 0 unspecified atom stereocenters. The number of carbonyl (C=O) groups excluding carboxylic acids is 1. The SMILES string of the molecule is N=C(N)NC(=N)NCCc1ccccc1.NC[C@H]1CC[C@H](C(=O)Oc2ccc(CCC(=O)O)cc2)CC1. The van der Waals surface area contributed by atoms with Gasteiger partial charge in [0.15, 0.2) is 11.9 Å². The standard InChI is InChI=1S/C17H23NO4.C10H15N5/c18-11-13-1-6-14(7-2-13)17(21)22-15-8-3-12(4-9-15)5-10-16(19)20;11-9(12)15-10(13)14-7-6-8-4-2-1-3-5-8/h3-4,8-9,13-14H,1-2,5-7,10-11,18H2,(H,19,20);1-5H,6-7H2,(H6,11,12,13,14,15)/t13-,14-;. The van der Waals surface area contributed by atoms with Crippen molar-refractivity contribution < 1.29 is 19.4 Å². The van der Waals surface area contributed by atoms with Crippen molar-refractivity contribution in [3.05, 3.63) is 65.7 Å². The molecular weight excluding hydrogens is 472 g/mol. The maximum absolute atomic E-state index is 12.1. The van der Waals surface area contributed by atoms with E-state index in [9.17, 15) is 9.59 Å². The predicted octanol–water partition coefficient (Wildman–Crippen LogP) is 2.61. The molecule has 0 aliphatic heterocycles. The number of carboxylic acids is 1. The molecule has 0 saturated heterocycles. The summed E-state index contributed by atoms with van der Waals surface area (Å²) in [4.78, 5) is 22.7. The first-order valence-electron chi connectivity index (χ1n) is 12.5. The van der Waals surface area contributed by atoms with Gasteiger partial charge in [-0.05, 0) is 74.2 Å². The Morgan fingerprint density at radius 1 is 0.946 bits per heavy atom. The molecule has 0 heterocycles. The van der Waals surface area contributed by atoms with Gasteiger partial charge in [-0.1, -0.05) is 42.5 Å². The summed E-state index contributed by atoms with van der Waals surface area (Å²) in [5.74, 6) is -0.139. The van der Waals surface area contributed by atoms with Crippen molar-refractivity contribution in [1.82, 2.24) is 10.6 Å². The van der Waals surface area contributed by atoms with E-state index < -0.39 is 5.97 Å². The highest BCUT2D eigenvalue weighted by Gasteiger charge is 2.27. The lowest BCUT2D eigenvalue weighted by Crippen LogP contribution is -2.43. The Kier molecular flexibility index (Phi) is 12.6. The molecule has 0 spiro atoms. The highest BCUT2D eigenvalue weighted by molar-refractivity contribution is 5.94. The Morgan fingerprint density at radius 3 is 2.14 bits per heavy atom. The molecule has 1 aliphatic carbocycles. The molecule has 2 aromatic carbocycles. The summed E-state index contributed by atoms with van der Waals surface area (Å²) in [5, 5.41) is 28.1. The number of benzene rings is 2. The van der Waals surface area contributed by atoms with Crippen LogP contribution in [0.4, 0.5) is 0 Å². The number of rotatable bonds is 9. The Morgan fingerprint density at radius 2 is 1.57 bits per heavy atom. The Labute approximate surface area is 217 Å². The number of ether oxygens (including phenoxy) is 1. The molecule has 1 saturated carbocycles. The molecule has 1 fully saturated rings. The van der Waals surface area contributed by atoms with Gasteiger partial charge in [0.1, 0.15) is 5.75 Å². The average Bonchev–Trinajstić information content (AvgIpc) is 2.89. The van der Waals surface area contributed by atoms with Crippen molar-refractivity contribution in [2.45, 2.75) is 44.9 Å². The van der Waals surface area contributed by atoms with E-state index in [1.807, 2.05) is 30.3 Å². The van der Waals surface area contributed by atoms with E-state index in [-0.39, 0.29) is 30.2 Å². The number of nitrogens with one attached hydrogen (secondary N) is 4. The summed E-state index contributed by atoms with van der Waals surface area (Å²) in [7, 11) is 0. The lowest BCUT2D eigenvalue weighted by molar-refractivity contribution is -0.140. The zero-order chi connectivity index (χ0) is 27.0. The minimum atomic E-state index is -0.816. The first kappa shape index (κ1) is 29.3. The highest BCUT2D eigenvalue weighted by Crippen LogP contribution is 2.29. The minimum Gasteiger partial charge on any atom is -0.481 e. The van der Waals surface area contributed by atoms with Gasteiger partial charge in [0.2, 0.25) is 0 Å². The van der Waals surface area contributed by atoms with Crippen LogP contribution in [0.25, 0.3) is 0 Å². The van der Waals surface area contributed by atoms with Crippen LogP contribution in [0.1, 0.15) is 43.2 Å². The summed E-state index contributed by atoms with van der Waals surface area (Å²) in [6.45, 7) is 1.34. The summed E-state index contributed by atoms with van der Waals surface area (Å²) < 4.78 is 5.42. The van der Waals surface area contributed by atoms with Gasteiger partial charge >= 0.3 is 11.9 Å². The molecule has 0 bridgehead atoms. The van der Waals surface area contributed by atoms with Gasteiger partial charge in [0.25, 0.3) is 0 Å². The van der Waals surface area contributed by atoms with Crippen LogP contribution in [0.5, 0.6) is 5.75 Å². The number of guanidine groups is 2. The first-order chi connectivity index (χ1) is 17.8. The van der Waals surface area contributed by atoms with Gasteiger partial charge in [0, 0.05) is 13.0 Å². The van der Waals surface area contributed by atoms with E-state index in [1.165, 1.54) is 5.56 Å². The quantitative estimate of drug-likeness (QED) is 0.116. The van der Waals surface area contributed by atoms with Gasteiger partial charge in [-0.15, -0.1) is 0 Å². The number of hydrogen-bond donors (Lipinski definition) is 7. The van der Waals surface area contributed by atoms with Gasteiger partial charge in [-0.3, -0.25) is 25.7 Å². The third kappa shape index (κ3) is 12.0. The summed E-state index contributed by atoms with van der Waals surface area (Å²) in [6, 6.07) is 17.0. The number of carbonyl (C=O) groups is 2. The van der Waals surface area contributed by atoms with Crippen molar-refractivity contribution in [1.29, 1.82) is 10.8 Å². The van der Waals surface area contributed by atoms with Crippen LogP contribution in [0.3, 0.4) is 0 Å². The van der Waals surface area contributed by atoms with Gasteiger partial charge in [0.05, 0.1) is 5.92 Å². The fourth-order valence-electron chi connectivity index (χ4n) is 3.96. The second kappa shape index (κ2) is 15.9. The van der Waals surface area contributed by atoms with E-state index in [2.05, 4.69) is 10.6 Å². The Bertz CT molecular complexity index is 1010. The van der Waals surface area contributed by atoms with Crippen molar-refractivity contribution in [3.8, 4) is 5.75 Å². The lowest BCUT2D eigenvalue weighted by atomic mass is 9.82. The molecule has 0 atom stereocenters. The van der Waals surface area contributed by atoms with Crippen LogP contribution in [-0.4, -0.2) is 42.1 Å². The molecule has 200 valence electrons. The average molecular weight is 511 g/mol. The number of esters is 1. The van der Waals surface area contributed by atoms with Crippen LogP contribution >= 0.6 is 0 Å². The molecule has 10 heteroatoms. The van der Waals surface area contributed by atoms with E-state index in [4.69, 9.17) is 32.1 Å². The summed E-state index contributed by atoms with van der Waals surface area (Å²) in [6.07, 6.45) is 5.09. The van der Waals surface area contributed by atoms with Gasteiger partial charge in [-0.25, -0.2) is 0 Å². The molecule has 0 aromatic heterocycles. The minimum absolute atomic E-state index is 0.0329. The number of aryl methyl sites for hydroxylation is 1. The van der Waals surface area contributed by atoms with Crippen molar-refractivity contribution >= 4 is 23.9 Å². The molecule has 0 amide bonds. The van der Waals surface area contributed by atoms with Crippen LogP contribution in [-0.2, 0) is 22.4 Å². The second-order valence-corrected chi connectivity index (χ2v) is 8.99. The third-order valence-electron chi connectivity index (χ3n) is 6.10. The maximum atomic E-state index is 12.1. The van der Waals surface area contributed by atoms with Crippen LogP contribution in [0.2, 0.25) is 0 Å². The largest absolute Gasteiger partial charge is 0.481 e. The topological polar surface area (TPSA) is 187 Å². The fraction of sp³-hybridized carbons (Fsp3) is 0.407. The fourth-order valence-corrected chi connectivity index (χ4v) is 3.96. The van der Waals surface area contributed by atoms with Crippen molar-refractivity contribution in [3.63, 3.8) is 0 Å². The number of nitrogens with two attached hydrogens (primary N) is 2. The monoisotopic (exact) mass is 510 g/mol. The van der Waals surface area contributed by atoms with Crippen molar-refractivity contribution in [2.24, 2.45) is 23.3 Å². The van der Waals surface area contributed by atoms with E-state index in [0.29, 0.717) is 31.2 Å². The molecule has 1 aliphatic rings. The molecular formula is C27H38N6O4. The van der Waals surface area contributed by atoms with Crippen LogP contribution in [0, 0.1) is 22.7 Å². The maximum Gasteiger partial charge on any atom is 0.314 e. The molecule has 0 radical (unpaired) electrons. The zero-order valence-electron chi connectivity index (χ0n) is 21.0. The number of hydrogen-bond acceptors (Lipinski definition) is 6. The first-order valence-corrected chi connectivity index (χ1v) is 12.5. The van der Waals surface area contributed by atoms with Crippen LogP contribution < -0.4 is 26.8 Å². The van der Waals surface area contributed by atoms with Gasteiger partial charge in [-0.2, -0.15) is 0 Å². The van der Waals surface area contributed by atoms with E-state index in [0.717, 1.165) is 37.7 Å². The molecule has 9 N–H and O–H groups in total. The Hall–Kier alpha value is -3.92. The molecule has 2 aromatic rings. The van der Waals surface area contributed by atoms with Crippen molar-refractivity contribution in [2.75, 3.05) is 13.1 Å². The normalized spacial score (nSPS) is 16.5. The summed E-state index contributed by atoms with van der Waals surface area (Å²) >= 11 is 0. The number of carboxylic acid groups (broad SMARTS) is 1. The van der Waals surface area contributed by atoms with E-state index >= 15 is 0 Å². The zero-order valence-corrected chi connectivity index (χ0v) is 21.0. The summed E-state index contributed by atoms with van der Waals surface area (Å²) in [5.41, 5.74) is 12.9. The van der Waals surface area contributed by atoms with Gasteiger partial charge < -0.3 is 26.6 Å². The lowest BCUT2D eigenvalue weighted by Gasteiger charge is -2.26. The molecule has 10 nitrogen and oxygen atoms in total. The molecule has 37 heavy (non-hydrogen) atoms.